The smallest absolute Gasteiger partial charge is 0.228 e. The lowest BCUT2D eigenvalue weighted by atomic mass is 10.1. The zero-order valence-electron chi connectivity index (χ0n) is 16.4. The van der Waals surface area contributed by atoms with Crippen molar-refractivity contribution in [2.75, 3.05) is 58.5 Å². The van der Waals surface area contributed by atoms with Crippen molar-refractivity contribution in [1.82, 2.24) is 9.80 Å². The van der Waals surface area contributed by atoms with Gasteiger partial charge in [-0.1, -0.05) is 12.1 Å². The largest absolute Gasteiger partial charge is 0.495 e. The average Bonchev–Trinajstić information content (AvgIpc) is 3.09. The summed E-state index contributed by atoms with van der Waals surface area (Å²) in [6.07, 6.45) is 0.305. The van der Waals surface area contributed by atoms with Crippen molar-refractivity contribution in [3.05, 3.63) is 24.3 Å². The molecule has 0 spiro atoms. The van der Waals surface area contributed by atoms with Gasteiger partial charge in [0.1, 0.15) is 5.75 Å². The Morgan fingerprint density at radius 2 is 1.89 bits per heavy atom. The summed E-state index contributed by atoms with van der Waals surface area (Å²) in [5.41, 5.74) is 1.06. The minimum absolute atomic E-state index is 0.00249. The zero-order valence-corrected chi connectivity index (χ0v) is 16.4. The van der Waals surface area contributed by atoms with Gasteiger partial charge in [-0.2, -0.15) is 0 Å². The van der Waals surface area contributed by atoms with Crippen LogP contribution in [0.2, 0.25) is 0 Å². The van der Waals surface area contributed by atoms with Gasteiger partial charge in [0, 0.05) is 46.3 Å². The van der Waals surface area contributed by atoms with E-state index in [2.05, 4.69) is 4.90 Å². The van der Waals surface area contributed by atoms with Crippen LogP contribution in [0.4, 0.5) is 5.69 Å². The molecule has 0 aliphatic carbocycles. The van der Waals surface area contributed by atoms with Gasteiger partial charge < -0.3 is 24.2 Å². The minimum Gasteiger partial charge on any atom is -0.495 e. The Balaban J connectivity index is 1.57. The van der Waals surface area contributed by atoms with Crippen LogP contribution in [0.25, 0.3) is 0 Å². The van der Waals surface area contributed by atoms with E-state index < -0.39 is 0 Å². The molecule has 3 rings (SSSR count). The molecule has 0 saturated carbocycles. The molecule has 2 saturated heterocycles. The van der Waals surface area contributed by atoms with Gasteiger partial charge in [-0.3, -0.25) is 9.59 Å². The molecule has 2 aliphatic rings. The maximum Gasteiger partial charge on any atom is 0.228 e. The third kappa shape index (κ3) is 4.18. The topological polar surface area (TPSA) is 62.3 Å². The Hall–Kier alpha value is -2.28. The summed E-state index contributed by atoms with van der Waals surface area (Å²) in [5, 5.41) is 0. The Labute approximate surface area is 160 Å². The normalized spacial score (nSPS) is 21.5. The summed E-state index contributed by atoms with van der Waals surface area (Å²) in [5.74, 6) is 0.747. The molecule has 2 atom stereocenters. The first kappa shape index (κ1) is 19.5. The van der Waals surface area contributed by atoms with Crippen LogP contribution in [0.15, 0.2) is 24.3 Å². The van der Waals surface area contributed by atoms with Crippen molar-refractivity contribution in [3.8, 4) is 5.75 Å². The Morgan fingerprint density at radius 1 is 1.19 bits per heavy atom. The molecule has 0 N–H and O–H groups in total. The highest BCUT2D eigenvalue weighted by Crippen LogP contribution is 2.29. The fraction of sp³-hybridized carbons (Fsp3) is 0.600. The third-order valence-corrected chi connectivity index (χ3v) is 5.46. The number of nitrogens with zero attached hydrogens (tertiary/aromatic N) is 3. The fourth-order valence-corrected chi connectivity index (χ4v) is 3.97. The number of para-hydroxylation sites is 2. The molecule has 2 amide bonds. The predicted molar refractivity (Wildman–Crippen MR) is 103 cm³/mol. The molecular formula is C20H29N3O4. The number of likely N-dealkylation sites (tertiary alicyclic amines) is 1. The van der Waals surface area contributed by atoms with Gasteiger partial charge in [0.05, 0.1) is 31.4 Å². The van der Waals surface area contributed by atoms with E-state index in [0.717, 1.165) is 24.5 Å². The molecule has 2 heterocycles. The number of carbonyl (C=O) groups is 2. The van der Waals surface area contributed by atoms with E-state index in [1.54, 1.807) is 19.1 Å². The molecule has 0 bridgehead atoms. The number of ether oxygens (including phenoxy) is 2. The van der Waals surface area contributed by atoms with E-state index in [9.17, 15) is 9.59 Å². The molecule has 2 aliphatic heterocycles. The first-order chi connectivity index (χ1) is 13.0. The SMILES string of the molecule is COC[C@@H](C)N1C[C@@H](C(=O)N2CCN(c3ccccc3OC)CC2)CC1=O. The molecule has 27 heavy (non-hydrogen) atoms. The minimum atomic E-state index is -0.241. The zero-order chi connectivity index (χ0) is 19.4. The second-order valence-corrected chi connectivity index (χ2v) is 7.24. The van der Waals surface area contributed by atoms with E-state index in [0.29, 0.717) is 32.7 Å². The van der Waals surface area contributed by atoms with Gasteiger partial charge in [-0.15, -0.1) is 0 Å². The lowest BCUT2D eigenvalue weighted by molar-refractivity contribution is -0.136. The van der Waals surface area contributed by atoms with E-state index in [1.165, 1.54) is 0 Å². The summed E-state index contributed by atoms with van der Waals surface area (Å²) in [7, 11) is 3.30. The van der Waals surface area contributed by atoms with Crippen LogP contribution in [0, 0.1) is 5.92 Å². The highest BCUT2D eigenvalue weighted by atomic mass is 16.5. The van der Waals surface area contributed by atoms with Crippen LogP contribution in [-0.2, 0) is 14.3 Å². The molecule has 1 aromatic rings. The fourth-order valence-electron chi connectivity index (χ4n) is 3.97. The first-order valence-electron chi connectivity index (χ1n) is 9.50. The highest BCUT2D eigenvalue weighted by molar-refractivity contribution is 5.89. The second-order valence-electron chi connectivity index (χ2n) is 7.24. The molecular weight excluding hydrogens is 346 g/mol. The van der Waals surface area contributed by atoms with Gasteiger partial charge >= 0.3 is 0 Å². The quantitative estimate of drug-likeness (QED) is 0.748. The van der Waals surface area contributed by atoms with Crippen LogP contribution in [0.3, 0.4) is 0 Å². The molecule has 148 valence electrons. The van der Waals surface area contributed by atoms with Crippen LogP contribution in [0.1, 0.15) is 13.3 Å². The van der Waals surface area contributed by atoms with Gasteiger partial charge in [-0.25, -0.2) is 0 Å². The van der Waals surface area contributed by atoms with Crippen molar-refractivity contribution < 1.29 is 19.1 Å². The van der Waals surface area contributed by atoms with Gasteiger partial charge in [0.2, 0.25) is 11.8 Å². The summed E-state index contributed by atoms with van der Waals surface area (Å²) in [4.78, 5) is 31.1. The molecule has 7 nitrogen and oxygen atoms in total. The van der Waals surface area contributed by atoms with Crippen LogP contribution < -0.4 is 9.64 Å². The lowest BCUT2D eigenvalue weighted by Crippen LogP contribution is -2.51. The number of piperazine rings is 1. The maximum atomic E-state index is 12.9. The van der Waals surface area contributed by atoms with Gasteiger partial charge in [0.25, 0.3) is 0 Å². The number of benzene rings is 1. The van der Waals surface area contributed by atoms with Gasteiger partial charge in [0.15, 0.2) is 0 Å². The predicted octanol–water partition coefficient (Wildman–Crippen LogP) is 1.23. The Morgan fingerprint density at radius 3 is 2.56 bits per heavy atom. The standard InChI is InChI=1S/C20H29N3O4/c1-15(14-26-2)23-13-16(12-19(23)24)20(25)22-10-8-21(9-11-22)17-6-4-5-7-18(17)27-3/h4-7,15-16H,8-14H2,1-3H3/t15-,16+/m1/s1. The van der Waals surface area contributed by atoms with Crippen molar-refractivity contribution in [1.29, 1.82) is 0 Å². The van der Waals surface area contributed by atoms with Crippen molar-refractivity contribution in [2.24, 2.45) is 5.92 Å². The number of anilines is 1. The number of hydrogen-bond donors (Lipinski definition) is 0. The first-order valence-corrected chi connectivity index (χ1v) is 9.50. The highest BCUT2D eigenvalue weighted by Gasteiger charge is 2.39. The average molecular weight is 375 g/mol. The van der Waals surface area contributed by atoms with E-state index in [-0.39, 0.29) is 23.8 Å². The molecule has 0 unspecified atom stereocenters. The molecule has 1 aromatic carbocycles. The summed E-state index contributed by atoms with van der Waals surface area (Å²) < 4.78 is 10.6. The molecule has 0 aromatic heterocycles. The Bertz CT molecular complexity index is 673. The maximum absolute atomic E-state index is 12.9. The number of methoxy groups -OCH3 is 2. The molecule has 0 radical (unpaired) electrons. The number of rotatable bonds is 6. The Kier molecular flexibility index (Phi) is 6.21. The number of carbonyl (C=O) groups excluding carboxylic acids is 2. The summed E-state index contributed by atoms with van der Waals surface area (Å²) in [6, 6.07) is 7.95. The van der Waals surface area contributed by atoms with Crippen molar-refractivity contribution >= 4 is 17.5 Å². The number of hydrogen-bond acceptors (Lipinski definition) is 5. The van der Waals surface area contributed by atoms with Crippen molar-refractivity contribution in [2.45, 2.75) is 19.4 Å². The van der Waals surface area contributed by atoms with Crippen LogP contribution in [-0.4, -0.2) is 81.2 Å². The lowest BCUT2D eigenvalue weighted by Gasteiger charge is -2.37. The third-order valence-electron chi connectivity index (χ3n) is 5.46. The summed E-state index contributed by atoms with van der Waals surface area (Å²) >= 11 is 0. The van der Waals surface area contributed by atoms with E-state index >= 15 is 0 Å². The number of amides is 2. The molecule has 2 fully saturated rings. The van der Waals surface area contributed by atoms with E-state index in [4.69, 9.17) is 9.47 Å². The van der Waals surface area contributed by atoms with Crippen LogP contribution >= 0.6 is 0 Å². The van der Waals surface area contributed by atoms with Crippen molar-refractivity contribution in [3.63, 3.8) is 0 Å². The molecule has 7 heteroatoms. The van der Waals surface area contributed by atoms with Gasteiger partial charge in [-0.05, 0) is 19.1 Å². The van der Waals surface area contributed by atoms with E-state index in [1.807, 2.05) is 36.1 Å². The summed E-state index contributed by atoms with van der Waals surface area (Å²) in [6.45, 7) is 5.79. The van der Waals surface area contributed by atoms with Crippen LogP contribution in [0.5, 0.6) is 5.75 Å². The monoisotopic (exact) mass is 375 g/mol. The second kappa shape index (κ2) is 8.61.